The van der Waals surface area contributed by atoms with Crippen LogP contribution in [0.5, 0.6) is 0 Å². The fourth-order valence-electron chi connectivity index (χ4n) is 2.43. The Balaban J connectivity index is 2.19. The van der Waals surface area contributed by atoms with E-state index < -0.39 is 35.6 Å². The number of carbonyl (C=O) groups is 1. The summed E-state index contributed by atoms with van der Waals surface area (Å²) in [6.45, 7) is 3.45. The van der Waals surface area contributed by atoms with E-state index in [1.807, 2.05) is 0 Å². The molecule has 0 spiro atoms. The molecule has 4 atom stereocenters. The Morgan fingerprint density at radius 1 is 1.38 bits per heavy atom. The summed E-state index contributed by atoms with van der Waals surface area (Å²) >= 11 is 0. The second kappa shape index (κ2) is 3.40. The molecule has 1 aliphatic heterocycles. The quantitative estimate of drug-likeness (QED) is 0.530. The number of aliphatic hydroxyl groups is 2. The summed E-state index contributed by atoms with van der Waals surface area (Å²) in [5.74, 6) is -1.64. The van der Waals surface area contributed by atoms with Crippen LogP contribution in [0.3, 0.4) is 0 Å². The van der Waals surface area contributed by atoms with Gasteiger partial charge in [-0.2, -0.15) is 0 Å². The van der Waals surface area contributed by atoms with Gasteiger partial charge in [0, 0.05) is 12.8 Å². The van der Waals surface area contributed by atoms with Crippen molar-refractivity contribution in [3.05, 3.63) is 0 Å². The summed E-state index contributed by atoms with van der Waals surface area (Å²) in [5.41, 5.74) is 3.41. The number of aliphatic hydroxyl groups excluding tert-OH is 1. The van der Waals surface area contributed by atoms with E-state index in [9.17, 15) is 15.0 Å². The molecule has 2 aliphatic rings. The summed E-state index contributed by atoms with van der Waals surface area (Å²) in [6.07, 6.45) is -2.00. The highest BCUT2D eigenvalue weighted by Gasteiger charge is 2.55. The molecule has 1 saturated carbocycles. The lowest BCUT2D eigenvalue weighted by molar-refractivity contribution is -0.155. The molecule has 1 heterocycles. The van der Waals surface area contributed by atoms with Crippen molar-refractivity contribution in [2.24, 2.45) is 5.73 Å². The number of hydrogen-bond donors (Lipinski definition) is 3. The Kier molecular flexibility index (Phi) is 2.50. The minimum absolute atomic E-state index is 0.0630. The van der Waals surface area contributed by atoms with Crippen LogP contribution in [0.15, 0.2) is 0 Å². The number of amides is 1. The van der Waals surface area contributed by atoms with E-state index in [1.165, 1.54) is 0 Å². The first-order valence-electron chi connectivity index (χ1n) is 5.29. The summed E-state index contributed by atoms with van der Waals surface area (Å²) < 4.78 is 11.0. The van der Waals surface area contributed by atoms with Crippen molar-refractivity contribution >= 4 is 5.91 Å². The van der Waals surface area contributed by atoms with E-state index in [1.54, 1.807) is 13.8 Å². The molecule has 4 N–H and O–H groups in total. The molecule has 1 saturated heterocycles. The van der Waals surface area contributed by atoms with Crippen LogP contribution in [0.4, 0.5) is 0 Å². The van der Waals surface area contributed by atoms with Crippen molar-refractivity contribution in [3.8, 4) is 0 Å². The molecule has 0 radical (unpaired) electrons. The number of carbonyl (C=O) groups excluding carboxylic acids is 1. The zero-order valence-electron chi connectivity index (χ0n) is 9.34. The Labute approximate surface area is 93.3 Å². The molecule has 92 valence electrons. The Bertz CT molecular complexity index is 318. The summed E-state index contributed by atoms with van der Waals surface area (Å²) in [6, 6.07) is 0. The molecule has 0 aromatic heterocycles. The van der Waals surface area contributed by atoms with Gasteiger partial charge in [-0.1, -0.05) is 0 Å². The number of hydrogen-bond acceptors (Lipinski definition) is 5. The van der Waals surface area contributed by atoms with Gasteiger partial charge in [0.15, 0.2) is 5.79 Å². The van der Waals surface area contributed by atoms with E-state index >= 15 is 0 Å². The third kappa shape index (κ3) is 1.82. The van der Waals surface area contributed by atoms with E-state index in [4.69, 9.17) is 15.2 Å². The summed E-state index contributed by atoms with van der Waals surface area (Å²) in [5, 5.41) is 19.8. The Morgan fingerprint density at radius 2 is 2.00 bits per heavy atom. The SMILES string of the molecule is CC1(C)OC2CC(O)(C(N)=O)CC(O)C2O1. The summed E-state index contributed by atoms with van der Waals surface area (Å²) in [4.78, 5) is 11.1. The van der Waals surface area contributed by atoms with Gasteiger partial charge in [-0.3, -0.25) is 4.79 Å². The van der Waals surface area contributed by atoms with Crippen molar-refractivity contribution in [2.45, 2.75) is 56.4 Å². The number of ether oxygens (including phenoxy) is 2. The van der Waals surface area contributed by atoms with Crippen molar-refractivity contribution in [3.63, 3.8) is 0 Å². The van der Waals surface area contributed by atoms with Gasteiger partial charge < -0.3 is 25.4 Å². The largest absolute Gasteiger partial charge is 0.390 e. The summed E-state index contributed by atoms with van der Waals surface area (Å²) in [7, 11) is 0. The second-order valence-corrected chi connectivity index (χ2v) is 5.01. The van der Waals surface area contributed by atoms with Crippen molar-refractivity contribution < 1.29 is 24.5 Å². The molecule has 0 bridgehead atoms. The second-order valence-electron chi connectivity index (χ2n) is 5.01. The van der Waals surface area contributed by atoms with Crippen LogP contribution in [0, 0.1) is 0 Å². The maximum atomic E-state index is 11.1. The highest BCUT2D eigenvalue weighted by molar-refractivity contribution is 5.83. The van der Waals surface area contributed by atoms with Crippen LogP contribution >= 0.6 is 0 Å². The zero-order valence-corrected chi connectivity index (χ0v) is 9.34. The third-order valence-electron chi connectivity index (χ3n) is 3.15. The first kappa shape index (κ1) is 11.8. The van der Waals surface area contributed by atoms with Gasteiger partial charge in [0.1, 0.15) is 11.7 Å². The van der Waals surface area contributed by atoms with Gasteiger partial charge in [-0.05, 0) is 13.8 Å². The van der Waals surface area contributed by atoms with E-state index in [-0.39, 0.29) is 12.8 Å². The van der Waals surface area contributed by atoms with Gasteiger partial charge in [-0.15, -0.1) is 0 Å². The lowest BCUT2D eigenvalue weighted by Crippen LogP contribution is -2.57. The zero-order chi connectivity index (χ0) is 12.1. The predicted molar refractivity (Wildman–Crippen MR) is 53.2 cm³/mol. The maximum Gasteiger partial charge on any atom is 0.249 e. The highest BCUT2D eigenvalue weighted by Crippen LogP contribution is 2.40. The molecule has 2 fully saturated rings. The number of rotatable bonds is 1. The van der Waals surface area contributed by atoms with Gasteiger partial charge in [0.05, 0.1) is 12.2 Å². The average molecular weight is 231 g/mol. The van der Waals surface area contributed by atoms with Gasteiger partial charge >= 0.3 is 0 Å². The molecule has 2 rings (SSSR count). The minimum atomic E-state index is -1.70. The minimum Gasteiger partial charge on any atom is -0.390 e. The average Bonchev–Trinajstić information content (AvgIpc) is 2.39. The third-order valence-corrected chi connectivity index (χ3v) is 3.15. The van der Waals surface area contributed by atoms with Crippen LogP contribution in [0.25, 0.3) is 0 Å². The van der Waals surface area contributed by atoms with Gasteiger partial charge in [0.25, 0.3) is 0 Å². The Hall–Kier alpha value is -0.690. The molecule has 1 amide bonds. The molecule has 0 aromatic carbocycles. The molecular weight excluding hydrogens is 214 g/mol. The molecule has 4 unspecified atom stereocenters. The fourth-order valence-corrected chi connectivity index (χ4v) is 2.43. The molecule has 1 aliphatic carbocycles. The predicted octanol–water partition coefficient (Wildman–Crippen LogP) is -1.12. The van der Waals surface area contributed by atoms with Crippen LogP contribution < -0.4 is 5.73 Å². The van der Waals surface area contributed by atoms with Crippen LogP contribution in [0.1, 0.15) is 26.7 Å². The van der Waals surface area contributed by atoms with Crippen molar-refractivity contribution in [1.82, 2.24) is 0 Å². The highest BCUT2D eigenvalue weighted by atomic mass is 16.8. The monoisotopic (exact) mass is 231 g/mol. The number of fused-ring (bicyclic) bond motifs is 1. The lowest BCUT2D eigenvalue weighted by atomic mass is 9.79. The molecule has 6 nitrogen and oxygen atoms in total. The first-order chi connectivity index (χ1) is 7.23. The van der Waals surface area contributed by atoms with E-state index in [0.29, 0.717) is 0 Å². The molecular formula is C10H17NO5. The fraction of sp³-hybridized carbons (Fsp3) is 0.900. The number of nitrogens with two attached hydrogens (primary N) is 1. The normalized spacial score (nSPS) is 46.4. The Morgan fingerprint density at radius 3 is 2.56 bits per heavy atom. The molecule has 6 heteroatoms. The molecule has 16 heavy (non-hydrogen) atoms. The van der Waals surface area contributed by atoms with Crippen LogP contribution in [0.2, 0.25) is 0 Å². The van der Waals surface area contributed by atoms with Crippen molar-refractivity contribution in [2.75, 3.05) is 0 Å². The smallest absolute Gasteiger partial charge is 0.249 e. The van der Waals surface area contributed by atoms with Crippen LogP contribution in [-0.4, -0.2) is 45.8 Å². The first-order valence-corrected chi connectivity index (χ1v) is 5.29. The van der Waals surface area contributed by atoms with Crippen molar-refractivity contribution in [1.29, 1.82) is 0 Å². The van der Waals surface area contributed by atoms with E-state index in [0.717, 1.165) is 0 Å². The lowest BCUT2D eigenvalue weighted by Gasteiger charge is -2.37. The van der Waals surface area contributed by atoms with Gasteiger partial charge in [-0.25, -0.2) is 0 Å². The van der Waals surface area contributed by atoms with E-state index in [2.05, 4.69) is 0 Å². The number of primary amides is 1. The maximum absolute atomic E-state index is 11.1. The molecule has 0 aromatic rings. The van der Waals surface area contributed by atoms with Gasteiger partial charge in [0.2, 0.25) is 5.91 Å². The van der Waals surface area contributed by atoms with Crippen LogP contribution in [-0.2, 0) is 14.3 Å². The standard InChI is InChI=1S/C10H17NO5/c1-9(2)15-6-4-10(14,8(11)13)3-5(12)7(6)16-9/h5-7,12,14H,3-4H2,1-2H3,(H2,11,13). The topological polar surface area (TPSA) is 102 Å².